The van der Waals surface area contributed by atoms with E-state index in [1.165, 1.54) is 18.2 Å². The van der Waals surface area contributed by atoms with Crippen LogP contribution in [0.1, 0.15) is 15.9 Å². The Morgan fingerprint density at radius 3 is 2.25 bits per heavy atom. The van der Waals surface area contributed by atoms with Crippen molar-refractivity contribution in [3.8, 4) is 17.2 Å². The first-order valence-electron chi connectivity index (χ1n) is 12.4. The van der Waals surface area contributed by atoms with Crippen LogP contribution in [0, 0.1) is 0 Å². The smallest absolute Gasteiger partial charge is 0.383 e. The largest absolute Gasteiger partial charge is 0.484 e. The molecule has 1 fully saturated rings. The highest BCUT2D eigenvalue weighted by molar-refractivity contribution is 5.92. The predicted molar refractivity (Wildman–Crippen MR) is 139 cm³/mol. The second kappa shape index (κ2) is 11.9. The minimum Gasteiger partial charge on any atom is -0.484 e. The summed E-state index contributed by atoms with van der Waals surface area (Å²) in [5, 5.41) is 40.4. The lowest BCUT2D eigenvalue weighted by Crippen LogP contribution is -2.60. The SMILES string of the molecule is O=C(Oc1ccc2c(OCc3ccccc3)c(O[C@@H]3O[C@H](CO)[C@H](O)[C@H](O)[C@H]3O)c(=O)oc2c1)c1ccccc1. The van der Waals surface area contributed by atoms with Gasteiger partial charge in [0.1, 0.15) is 42.4 Å². The van der Waals surface area contributed by atoms with Gasteiger partial charge in [-0.05, 0) is 29.8 Å². The van der Waals surface area contributed by atoms with Crippen molar-refractivity contribution in [3.05, 3.63) is 100 Å². The average molecular weight is 551 g/mol. The predicted octanol–water partition coefficient (Wildman–Crippen LogP) is 1.77. The molecule has 0 bridgehead atoms. The first-order chi connectivity index (χ1) is 19.4. The molecule has 2 heterocycles. The highest BCUT2D eigenvalue weighted by Gasteiger charge is 2.45. The van der Waals surface area contributed by atoms with Crippen molar-refractivity contribution in [1.82, 2.24) is 0 Å². The van der Waals surface area contributed by atoms with Gasteiger partial charge in [0, 0.05) is 6.07 Å². The maximum Gasteiger partial charge on any atom is 0.383 e. The highest BCUT2D eigenvalue weighted by atomic mass is 16.7. The monoisotopic (exact) mass is 550 g/mol. The number of fused-ring (bicyclic) bond motifs is 1. The zero-order chi connectivity index (χ0) is 28.2. The molecule has 11 heteroatoms. The Hall–Kier alpha value is -4.26. The van der Waals surface area contributed by atoms with Gasteiger partial charge < -0.3 is 43.8 Å². The lowest BCUT2D eigenvalue weighted by atomic mass is 9.99. The summed E-state index contributed by atoms with van der Waals surface area (Å²) < 4.78 is 27.9. The number of carbonyl (C=O) groups is 1. The number of benzene rings is 3. The first kappa shape index (κ1) is 27.3. The van der Waals surface area contributed by atoms with E-state index in [1.807, 2.05) is 30.3 Å². The van der Waals surface area contributed by atoms with Gasteiger partial charge in [0.25, 0.3) is 5.75 Å². The van der Waals surface area contributed by atoms with Crippen molar-refractivity contribution in [2.75, 3.05) is 6.61 Å². The van der Waals surface area contributed by atoms with Gasteiger partial charge in [-0.1, -0.05) is 48.5 Å². The van der Waals surface area contributed by atoms with Crippen LogP contribution in [-0.2, 0) is 11.3 Å². The van der Waals surface area contributed by atoms with Crippen LogP contribution in [0.25, 0.3) is 11.0 Å². The highest BCUT2D eigenvalue weighted by Crippen LogP contribution is 2.37. The summed E-state index contributed by atoms with van der Waals surface area (Å²) in [6.45, 7) is -0.659. The fourth-order valence-corrected chi connectivity index (χ4v) is 4.20. The van der Waals surface area contributed by atoms with Crippen LogP contribution in [0.2, 0.25) is 0 Å². The first-order valence-corrected chi connectivity index (χ1v) is 12.4. The maximum atomic E-state index is 13.1. The molecule has 0 spiro atoms. The van der Waals surface area contributed by atoms with Crippen molar-refractivity contribution in [3.63, 3.8) is 0 Å². The minimum atomic E-state index is -1.77. The second-order valence-electron chi connectivity index (χ2n) is 9.05. The fourth-order valence-electron chi connectivity index (χ4n) is 4.20. The molecule has 0 amide bonds. The lowest BCUT2D eigenvalue weighted by molar-refractivity contribution is -0.278. The topological polar surface area (TPSA) is 165 Å². The number of aliphatic hydroxyl groups is 4. The average Bonchev–Trinajstić information content (AvgIpc) is 2.98. The Labute approximate surface area is 227 Å². The molecule has 40 heavy (non-hydrogen) atoms. The Balaban J connectivity index is 1.51. The molecule has 1 aliphatic heterocycles. The molecular weight excluding hydrogens is 524 g/mol. The van der Waals surface area contributed by atoms with E-state index >= 15 is 0 Å². The molecule has 0 aliphatic carbocycles. The van der Waals surface area contributed by atoms with Gasteiger partial charge >= 0.3 is 11.6 Å². The van der Waals surface area contributed by atoms with E-state index < -0.39 is 54.7 Å². The normalized spacial score (nSPS) is 22.6. The summed E-state index contributed by atoms with van der Waals surface area (Å²) in [4.78, 5) is 25.6. The molecule has 3 aromatic carbocycles. The maximum absolute atomic E-state index is 13.1. The van der Waals surface area contributed by atoms with Crippen molar-refractivity contribution in [1.29, 1.82) is 0 Å². The van der Waals surface area contributed by atoms with E-state index in [0.29, 0.717) is 5.56 Å². The van der Waals surface area contributed by atoms with Crippen LogP contribution in [0.15, 0.2) is 88.1 Å². The molecule has 1 aliphatic rings. The number of hydrogen-bond acceptors (Lipinski definition) is 11. The van der Waals surface area contributed by atoms with E-state index in [-0.39, 0.29) is 29.1 Å². The van der Waals surface area contributed by atoms with E-state index in [4.69, 9.17) is 23.4 Å². The number of rotatable bonds is 8. The summed E-state index contributed by atoms with van der Waals surface area (Å²) in [7, 11) is 0. The van der Waals surface area contributed by atoms with Crippen molar-refractivity contribution in [2.45, 2.75) is 37.3 Å². The van der Waals surface area contributed by atoms with Crippen molar-refractivity contribution in [2.24, 2.45) is 0 Å². The molecule has 5 rings (SSSR count). The number of aliphatic hydroxyl groups excluding tert-OH is 4. The molecular formula is C29H26O11. The van der Waals surface area contributed by atoms with Gasteiger partial charge in [0.05, 0.1) is 17.6 Å². The summed E-state index contributed by atoms with van der Waals surface area (Å²) in [5.41, 5.74) is 0.113. The Kier molecular flexibility index (Phi) is 8.10. The van der Waals surface area contributed by atoms with Gasteiger partial charge in [-0.2, -0.15) is 0 Å². The minimum absolute atomic E-state index is 0.0209. The Morgan fingerprint density at radius 1 is 0.850 bits per heavy atom. The molecule has 5 atom stereocenters. The van der Waals surface area contributed by atoms with Crippen LogP contribution in [0.5, 0.6) is 17.2 Å². The molecule has 4 N–H and O–H groups in total. The summed E-state index contributed by atoms with van der Waals surface area (Å²) in [6, 6.07) is 21.8. The van der Waals surface area contributed by atoms with Gasteiger partial charge in [-0.3, -0.25) is 0 Å². The quantitative estimate of drug-likeness (QED) is 0.144. The zero-order valence-electron chi connectivity index (χ0n) is 21.0. The zero-order valence-corrected chi connectivity index (χ0v) is 21.0. The summed E-state index contributed by atoms with van der Waals surface area (Å²) in [5.74, 6) is -1.03. The molecule has 0 saturated carbocycles. The standard InChI is InChI=1S/C29H26O11/c30-14-21-22(31)23(32)24(33)29(39-21)40-26-25(36-15-16-7-3-1-4-8-16)19-12-11-18(13-20(19)38-28(26)35)37-27(34)17-9-5-2-6-10-17/h1-13,21-24,29-33H,14-15H2/t21-,22+,23+,24-,29+/m1/s1. The van der Waals surface area contributed by atoms with Gasteiger partial charge in [0.15, 0.2) is 5.75 Å². The van der Waals surface area contributed by atoms with E-state index in [0.717, 1.165) is 5.56 Å². The third kappa shape index (κ3) is 5.69. The molecule has 0 unspecified atom stereocenters. The van der Waals surface area contributed by atoms with Crippen LogP contribution < -0.4 is 19.8 Å². The number of esters is 1. The van der Waals surface area contributed by atoms with Crippen LogP contribution >= 0.6 is 0 Å². The number of hydrogen-bond donors (Lipinski definition) is 4. The fraction of sp³-hybridized carbons (Fsp3) is 0.241. The number of carbonyl (C=O) groups excluding carboxylic acids is 1. The second-order valence-corrected chi connectivity index (χ2v) is 9.05. The van der Waals surface area contributed by atoms with Gasteiger partial charge in [-0.15, -0.1) is 0 Å². The van der Waals surface area contributed by atoms with Crippen LogP contribution in [0.3, 0.4) is 0 Å². The summed E-state index contributed by atoms with van der Waals surface area (Å²) in [6.07, 6.45) is -8.01. The van der Waals surface area contributed by atoms with Crippen LogP contribution in [0.4, 0.5) is 0 Å². The molecule has 11 nitrogen and oxygen atoms in total. The van der Waals surface area contributed by atoms with E-state index in [2.05, 4.69) is 0 Å². The molecule has 1 aromatic heterocycles. The van der Waals surface area contributed by atoms with E-state index in [1.54, 1.807) is 30.3 Å². The van der Waals surface area contributed by atoms with Gasteiger partial charge in [-0.25, -0.2) is 9.59 Å². The van der Waals surface area contributed by atoms with Crippen molar-refractivity contribution >= 4 is 16.9 Å². The molecule has 0 radical (unpaired) electrons. The number of ether oxygens (including phenoxy) is 4. The Morgan fingerprint density at radius 2 is 1.55 bits per heavy atom. The molecule has 4 aromatic rings. The third-order valence-electron chi connectivity index (χ3n) is 6.32. The molecule has 208 valence electrons. The summed E-state index contributed by atoms with van der Waals surface area (Å²) >= 11 is 0. The third-order valence-corrected chi connectivity index (χ3v) is 6.32. The van der Waals surface area contributed by atoms with Gasteiger partial charge in [0.2, 0.25) is 6.29 Å². The lowest BCUT2D eigenvalue weighted by Gasteiger charge is -2.39. The van der Waals surface area contributed by atoms with Crippen LogP contribution in [-0.4, -0.2) is 63.7 Å². The molecule has 1 saturated heterocycles. The van der Waals surface area contributed by atoms with E-state index in [9.17, 15) is 30.0 Å². The van der Waals surface area contributed by atoms with Crippen molar-refractivity contribution < 1.29 is 48.6 Å². The Bertz CT molecular complexity index is 1520.